The first-order valence-electron chi connectivity index (χ1n) is 6.91. The Morgan fingerprint density at radius 3 is 2.78 bits per heavy atom. The molecule has 4 unspecified atom stereocenters. The molecular formula is C13H24N2O2S. The summed E-state index contributed by atoms with van der Waals surface area (Å²) < 4.78 is 11.4. The molecule has 4 nitrogen and oxygen atoms in total. The Morgan fingerprint density at radius 2 is 2.17 bits per heavy atom. The Morgan fingerprint density at radius 1 is 1.39 bits per heavy atom. The van der Waals surface area contributed by atoms with Crippen LogP contribution < -0.4 is 5.32 Å². The maximum absolute atomic E-state index is 12.4. The number of likely N-dealkylation sites (N-methyl/N-ethyl adjacent to an activating group) is 1. The lowest BCUT2D eigenvalue weighted by Gasteiger charge is -2.27. The summed E-state index contributed by atoms with van der Waals surface area (Å²) in [6.07, 6.45) is 3.04. The topological polar surface area (TPSA) is 49.4 Å². The molecule has 104 valence electrons. The second kappa shape index (κ2) is 6.15. The maximum atomic E-state index is 12.4. The molecule has 18 heavy (non-hydrogen) atoms. The van der Waals surface area contributed by atoms with Crippen LogP contribution in [0.2, 0.25) is 0 Å². The van der Waals surface area contributed by atoms with E-state index in [2.05, 4.69) is 12.2 Å². The van der Waals surface area contributed by atoms with Crippen molar-refractivity contribution < 1.29 is 9.00 Å². The molecule has 2 heterocycles. The molecule has 2 saturated heterocycles. The first-order valence-corrected chi connectivity index (χ1v) is 8.40. The molecule has 0 radical (unpaired) electrons. The number of nitrogens with one attached hydrogen (secondary N) is 1. The predicted molar refractivity (Wildman–Crippen MR) is 73.8 cm³/mol. The first-order chi connectivity index (χ1) is 8.60. The minimum atomic E-state index is -0.646. The van der Waals surface area contributed by atoms with Gasteiger partial charge < -0.3 is 10.2 Å². The fraction of sp³-hybridized carbons (Fsp3) is 0.923. The van der Waals surface area contributed by atoms with Crippen molar-refractivity contribution in [2.45, 2.75) is 32.2 Å². The molecule has 5 heteroatoms. The second-order valence-corrected chi connectivity index (χ2v) is 7.35. The molecule has 1 N–H and O–H groups in total. The zero-order valence-electron chi connectivity index (χ0n) is 11.4. The number of hydrogen-bond acceptors (Lipinski definition) is 3. The largest absolute Gasteiger partial charge is 0.341 e. The van der Waals surface area contributed by atoms with E-state index in [1.165, 1.54) is 0 Å². The fourth-order valence-corrected chi connectivity index (χ4v) is 4.53. The fourth-order valence-electron chi connectivity index (χ4n) is 2.97. The summed E-state index contributed by atoms with van der Waals surface area (Å²) in [5.74, 6) is 2.84. The molecule has 2 aliphatic rings. The SMILES string of the molecule is CNC1CCC(C)CN(CC2CCS(=O)C2)C1=O. The molecule has 2 rings (SSSR count). The van der Waals surface area contributed by atoms with Crippen LogP contribution in [0.5, 0.6) is 0 Å². The molecule has 4 atom stereocenters. The molecule has 0 aromatic heterocycles. The summed E-state index contributed by atoms with van der Waals surface area (Å²) in [5.41, 5.74) is 0. The molecule has 2 aliphatic heterocycles. The number of carbonyl (C=O) groups excluding carboxylic acids is 1. The van der Waals surface area contributed by atoms with Crippen molar-refractivity contribution in [2.24, 2.45) is 11.8 Å². The zero-order valence-corrected chi connectivity index (χ0v) is 12.2. The third-order valence-corrected chi connectivity index (χ3v) is 5.63. The third-order valence-electron chi connectivity index (χ3n) is 4.09. The molecular weight excluding hydrogens is 248 g/mol. The molecule has 0 bridgehead atoms. The molecule has 2 fully saturated rings. The van der Waals surface area contributed by atoms with Gasteiger partial charge in [-0.05, 0) is 38.1 Å². The smallest absolute Gasteiger partial charge is 0.239 e. The predicted octanol–water partition coefficient (Wildman–Crippen LogP) is 0.601. The van der Waals surface area contributed by atoms with Crippen molar-refractivity contribution in [1.82, 2.24) is 10.2 Å². The number of carbonyl (C=O) groups is 1. The normalized spacial score (nSPS) is 37.9. The lowest BCUT2D eigenvalue weighted by atomic mass is 10.0. The highest BCUT2D eigenvalue weighted by molar-refractivity contribution is 7.85. The Hall–Kier alpha value is -0.420. The lowest BCUT2D eigenvalue weighted by molar-refractivity contribution is -0.133. The highest BCUT2D eigenvalue weighted by Gasteiger charge is 2.31. The maximum Gasteiger partial charge on any atom is 0.239 e. The van der Waals surface area contributed by atoms with Crippen molar-refractivity contribution in [3.8, 4) is 0 Å². The van der Waals surface area contributed by atoms with Gasteiger partial charge in [-0.1, -0.05) is 6.92 Å². The monoisotopic (exact) mass is 272 g/mol. The van der Waals surface area contributed by atoms with Crippen LogP contribution in [0.4, 0.5) is 0 Å². The van der Waals surface area contributed by atoms with Crippen LogP contribution >= 0.6 is 0 Å². The van der Waals surface area contributed by atoms with Crippen molar-refractivity contribution in [1.29, 1.82) is 0 Å². The van der Waals surface area contributed by atoms with Gasteiger partial charge in [0.15, 0.2) is 0 Å². The summed E-state index contributed by atoms with van der Waals surface area (Å²) in [6.45, 7) is 3.87. The van der Waals surface area contributed by atoms with Crippen LogP contribution in [-0.4, -0.2) is 52.7 Å². The van der Waals surface area contributed by atoms with Gasteiger partial charge in [0.1, 0.15) is 0 Å². The lowest BCUT2D eigenvalue weighted by Crippen LogP contribution is -2.46. The van der Waals surface area contributed by atoms with Gasteiger partial charge in [-0.3, -0.25) is 9.00 Å². The van der Waals surface area contributed by atoms with Gasteiger partial charge in [0.05, 0.1) is 6.04 Å². The number of amides is 1. The van der Waals surface area contributed by atoms with E-state index in [1.54, 1.807) is 0 Å². The van der Waals surface area contributed by atoms with Crippen LogP contribution in [0, 0.1) is 11.8 Å². The number of likely N-dealkylation sites (tertiary alicyclic amines) is 1. The van der Waals surface area contributed by atoms with Gasteiger partial charge in [-0.15, -0.1) is 0 Å². The van der Waals surface area contributed by atoms with E-state index in [0.29, 0.717) is 11.8 Å². The highest BCUT2D eigenvalue weighted by Crippen LogP contribution is 2.22. The molecule has 0 aromatic rings. The summed E-state index contributed by atoms with van der Waals surface area (Å²) in [6, 6.07) is -0.0261. The third kappa shape index (κ3) is 3.32. The Balaban J connectivity index is 1.99. The quantitative estimate of drug-likeness (QED) is 0.818. The summed E-state index contributed by atoms with van der Waals surface area (Å²) >= 11 is 0. The minimum Gasteiger partial charge on any atom is -0.341 e. The number of nitrogens with zero attached hydrogens (tertiary/aromatic N) is 1. The summed E-state index contributed by atoms with van der Waals surface area (Å²) in [5, 5.41) is 3.13. The van der Waals surface area contributed by atoms with E-state index in [0.717, 1.165) is 43.9 Å². The standard InChI is InChI=1S/C13H24N2O2S/c1-10-3-4-12(14-2)13(16)15(7-10)8-11-5-6-18(17)9-11/h10-12,14H,3-9H2,1-2H3. The van der Waals surface area contributed by atoms with Gasteiger partial charge in [-0.2, -0.15) is 0 Å². The van der Waals surface area contributed by atoms with Gasteiger partial charge in [0, 0.05) is 35.4 Å². The van der Waals surface area contributed by atoms with Crippen LogP contribution in [0.25, 0.3) is 0 Å². The molecule has 0 spiro atoms. The van der Waals surface area contributed by atoms with E-state index < -0.39 is 10.8 Å². The van der Waals surface area contributed by atoms with E-state index in [1.807, 2.05) is 11.9 Å². The van der Waals surface area contributed by atoms with Crippen LogP contribution in [-0.2, 0) is 15.6 Å². The first kappa shape index (κ1) is 14.0. The van der Waals surface area contributed by atoms with Gasteiger partial charge >= 0.3 is 0 Å². The molecule has 0 saturated carbocycles. The number of hydrogen-bond donors (Lipinski definition) is 1. The van der Waals surface area contributed by atoms with Crippen molar-refractivity contribution in [2.75, 3.05) is 31.6 Å². The van der Waals surface area contributed by atoms with Gasteiger partial charge in [-0.25, -0.2) is 0 Å². The average Bonchev–Trinajstić information content (AvgIpc) is 2.68. The van der Waals surface area contributed by atoms with Crippen LogP contribution in [0.3, 0.4) is 0 Å². The molecule has 1 amide bonds. The number of rotatable bonds is 3. The van der Waals surface area contributed by atoms with Gasteiger partial charge in [0.2, 0.25) is 5.91 Å². The van der Waals surface area contributed by atoms with Crippen molar-refractivity contribution in [3.63, 3.8) is 0 Å². The zero-order chi connectivity index (χ0) is 13.1. The van der Waals surface area contributed by atoms with E-state index >= 15 is 0 Å². The summed E-state index contributed by atoms with van der Waals surface area (Å²) in [7, 11) is 1.22. The Labute approximate surface area is 112 Å². The Bertz CT molecular complexity index is 335. The summed E-state index contributed by atoms with van der Waals surface area (Å²) in [4.78, 5) is 14.4. The van der Waals surface area contributed by atoms with Gasteiger partial charge in [0.25, 0.3) is 0 Å². The van der Waals surface area contributed by atoms with E-state index in [4.69, 9.17) is 0 Å². The average molecular weight is 272 g/mol. The van der Waals surface area contributed by atoms with Crippen LogP contribution in [0.15, 0.2) is 0 Å². The Kier molecular flexibility index (Phi) is 4.78. The minimum absolute atomic E-state index is 0.0261. The highest BCUT2D eigenvalue weighted by atomic mass is 32.2. The van der Waals surface area contributed by atoms with E-state index in [-0.39, 0.29) is 11.9 Å². The van der Waals surface area contributed by atoms with E-state index in [9.17, 15) is 9.00 Å². The van der Waals surface area contributed by atoms with Crippen LogP contribution in [0.1, 0.15) is 26.2 Å². The van der Waals surface area contributed by atoms with Crippen molar-refractivity contribution >= 4 is 16.7 Å². The molecule has 0 aliphatic carbocycles. The molecule has 0 aromatic carbocycles. The second-order valence-electron chi connectivity index (χ2n) is 5.73. The van der Waals surface area contributed by atoms with Crippen molar-refractivity contribution in [3.05, 3.63) is 0 Å².